The first-order valence-electron chi connectivity index (χ1n) is 7.94. The predicted molar refractivity (Wildman–Crippen MR) is 90.9 cm³/mol. The number of hydrogen-bond donors (Lipinski definition) is 2. The van der Waals surface area contributed by atoms with E-state index in [2.05, 4.69) is 5.32 Å². The van der Waals surface area contributed by atoms with Gasteiger partial charge in [0.2, 0.25) is 0 Å². The Bertz CT molecular complexity index is 513. The van der Waals surface area contributed by atoms with Crippen molar-refractivity contribution in [2.24, 2.45) is 0 Å². The maximum atomic E-state index is 12.2. The zero-order valence-corrected chi connectivity index (χ0v) is 14.5. The number of carbonyl (C=O) groups is 1. The summed E-state index contributed by atoms with van der Waals surface area (Å²) in [7, 11) is 1.68. The van der Waals surface area contributed by atoms with E-state index in [1.165, 1.54) is 10.5 Å². The molecular weight excluding hydrogens is 316 g/mol. The average molecular weight is 341 g/mol. The molecule has 0 radical (unpaired) electrons. The molecule has 1 atom stereocenters. The molecule has 6 heteroatoms. The molecule has 1 fully saturated rings. The Morgan fingerprint density at radius 1 is 1.39 bits per heavy atom. The first-order valence-corrected chi connectivity index (χ1v) is 8.31. The lowest BCUT2D eigenvalue weighted by Gasteiger charge is -2.38. The molecule has 2 amide bonds. The van der Waals surface area contributed by atoms with E-state index in [1.54, 1.807) is 14.0 Å². The van der Waals surface area contributed by atoms with Crippen LogP contribution in [-0.4, -0.2) is 55.5 Å². The van der Waals surface area contributed by atoms with Gasteiger partial charge < -0.3 is 20.1 Å². The smallest absolute Gasteiger partial charge is 0.317 e. The molecule has 5 nitrogen and oxygen atoms in total. The summed E-state index contributed by atoms with van der Waals surface area (Å²) in [5.41, 5.74) is 1.04. The molecule has 0 saturated carbocycles. The Balaban J connectivity index is 2.07. The van der Waals surface area contributed by atoms with Gasteiger partial charge in [-0.3, -0.25) is 0 Å². The van der Waals surface area contributed by atoms with Crippen molar-refractivity contribution in [2.75, 3.05) is 33.4 Å². The van der Waals surface area contributed by atoms with Crippen LogP contribution in [0.2, 0.25) is 5.02 Å². The molecular formula is C17H25ClN2O3. The standard InChI is InChI=1S/C17H25ClN2O3/c1-13(21)11-20(2)16(22)19-12-17(7-9-23-10-8-17)14-3-5-15(18)6-4-14/h3-6,13,21H,7-12H2,1-2H3,(H,19,22). The third kappa shape index (κ3) is 4.83. The van der Waals surface area contributed by atoms with Crippen molar-refractivity contribution < 1.29 is 14.6 Å². The van der Waals surface area contributed by atoms with E-state index in [0.717, 1.165) is 12.8 Å². The van der Waals surface area contributed by atoms with Crippen LogP contribution >= 0.6 is 11.6 Å². The summed E-state index contributed by atoms with van der Waals surface area (Å²) >= 11 is 5.99. The minimum atomic E-state index is -0.543. The maximum Gasteiger partial charge on any atom is 0.317 e. The van der Waals surface area contributed by atoms with Crippen molar-refractivity contribution in [1.29, 1.82) is 0 Å². The Morgan fingerprint density at radius 2 is 2.00 bits per heavy atom. The molecule has 23 heavy (non-hydrogen) atoms. The zero-order valence-electron chi connectivity index (χ0n) is 13.7. The van der Waals surface area contributed by atoms with E-state index in [9.17, 15) is 9.90 Å². The number of nitrogens with zero attached hydrogens (tertiary/aromatic N) is 1. The number of hydrogen-bond acceptors (Lipinski definition) is 3. The van der Waals surface area contributed by atoms with Crippen molar-refractivity contribution in [3.8, 4) is 0 Å². The molecule has 1 aliphatic rings. The van der Waals surface area contributed by atoms with Crippen molar-refractivity contribution in [2.45, 2.75) is 31.3 Å². The van der Waals surface area contributed by atoms with Crippen LogP contribution in [0.15, 0.2) is 24.3 Å². The summed E-state index contributed by atoms with van der Waals surface area (Å²) in [6.45, 7) is 3.88. The zero-order chi connectivity index (χ0) is 16.9. The van der Waals surface area contributed by atoms with E-state index in [0.29, 0.717) is 31.3 Å². The van der Waals surface area contributed by atoms with Crippen LogP contribution in [0.4, 0.5) is 4.79 Å². The van der Waals surface area contributed by atoms with E-state index in [4.69, 9.17) is 16.3 Å². The summed E-state index contributed by atoms with van der Waals surface area (Å²) in [6, 6.07) is 7.65. The number of ether oxygens (including phenoxy) is 1. The third-order valence-electron chi connectivity index (χ3n) is 4.37. The highest BCUT2D eigenvalue weighted by atomic mass is 35.5. The van der Waals surface area contributed by atoms with Crippen LogP contribution < -0.4 is 5.32 Å². The van der Waals surface area contributed by atoms with Crippen LogP contribution in [0.3, 0.4) is 0 Å². The Labute approximate surface area is 142 Å². The molecule has 1 saturated heterocycles. The van der Waals surface area contributed by atoms with Crippen LogP contribution in [0.25, 0.3) is 0 Å². The molecule has 2 rings (SSSR count). The molecule has 2 N–H and O–H groups in total. The third-order valence-corrected chi connectivity index (χ3v) is 4.62. The molecule has 128 valence electrons. The van der Waals surface area contributed by atoms with Crippen molar-refractivity contribution >= 4 is 17.6 Å². The Kier molecular flexibility index (Phi) is 6.27. The number of urea groups is 1. The second kappa shape index (κ2) is 7.99. The predicted octanol–water partition coefficient (Wildman–Crippen LogP) is 2.41. The quantitative estimate of drug-likeness (QED) is 0.865. The summed E-state index contributed by atoms with van der Waals surface area (Å²) in [5, 5.41) is 13.1. The molecule has 1 aromatic carbocycles. The topological polar surface area (TPSA) is 61.8 Å². The fraction of sp³-hybridized carbons (Fsp3) is 0.588. The number of aliphatic hydroxyl groups is 1. The van der Waals surface area contributed by atoms with Crippen LogP contribution in [0.1, 0.15) is 25.3 Å². The first kappa shape index (κ1) is 18.0. The van der Waals surface area contributed by atoms with Crippen LogP contribution in [-0.2, 0) is 10.2 Å². The summed E-state index contributed by atoms with van der Waals surface area (Å²) in [5.74, 6) is 0. The minimum Gasteiger partial charge on any atom is -0.392 e. The molecule has 1 aliphatic heterocycles. The Morgan fingerprint density at radius 3 is 2.57 bits per heavy atom. The van der Waals surface area contributed by atoms with E-state index in [1.807, 2.05) is 24.3 Å². The highest BCUT2D eigenvalue weighted by Crippen LogP contribution is 2.34. The number of aliphatic hydroxyl groups excluding tert-OH is 1. The normalized spacial score (nSPS) is 18.3. The van der Waals surface area contributed by atoms with Gasteiger partial charge in [-0.2, -0.15) is 0 Å². The first-order chi connectivity index (χ1) is 10.9. The molecule has 0 aliphatic carbocycles. The van der Waals surface area contributed by atoms with Gasteiger partial charge in [0.25, 0.3) is 0 Å². The molecule has 0 bridgehead atoms. The van der Waals surface area contributed by atoms with E-state index >= 15 is 0 Å². The number of benzene rings is 1. The van der Waals surface area contributed by atoms with E-state index in [-0.39, 0.29) is 11.4 Å². The Hall–Kier alpha value is -1.30. The number of amides is 2. The summed E-state index contributed by atoms with van der Waals surface area (Å²) < 4.78 is 5.49. The minimum absolute atomic E-state index is 0.135. The number of likely N-dealkylation sites (N-methyl/N-ethyl adjacent to an activating group) is 1. The summed E-state index contributed by atoms with van der Waals surface area (Å²) in [4.78, 5) is 13.7. The fourth-order valence-corrected chi connectivity index (χ4v) is 3.12. The van der Waals surface area contributed by atoms with Gasteiger partial charge in [-0.1, -0.05) is 23.7 Å². The summed E-state index contributed by atoms with van der Waals surface area (Å²) in [6.07, 6.45) is 1.17. The second-order valence-electron chi connectivity index (χ2n) is 6.29. The van der Waals surface area contributed by atoms with Gasteiger partial charge >= 0.3 is 6.03 Å². The van der Waals surface area contributed by atoms with Crippen LogP contribution in [0.5, 0.6) is 0 Å². The highest BCUT2D eigenvalue weighted by molar-refractivity contribution is 6.30. The molecule has 1 unspecified atom stereocenters. The largest absolute Gasteiger partial charge is 0.392 e. The monoisotopic (exact) mass is 340 g/mol. The fourth-order valence-electron chi connectivity index (χ4n) is 2.99. The van der Waals surface area contributed by atoms with Gasteiger partial charge in [0.1, 0.15) is 0 Å². The van der Waals surface area contributed by atoms with Crippen LogP contribution in [0, 0.1) is 0 Å². The molecule has 1 aromatic rings. The van der Waals surface area contributed by atoms with Crippen molar-refractivity contribution in [3.63, 3.8) is 0 Å². The lowest BCUT2D eigenvalue weighted by Crippen LogP contribution is -2.48. The number of rotatable bonds is 5. The number of nitrogens with one attached hydrogen (secondary N) is 1. The SMILES string of the molecule is CC(O)CN(C)C(=O)NCC1(c2ccc(Cl)cc2)CCOCC1. The molecule has 0 spiro atoms. The van der Waals surface area contributed by atoms with Gasteiger partial charge in [-0.25, -0.2) is 4.79 Å². The van der Waals surface area contributed by atoms with Crippen molar-refractivity contribution in [1.82, 2.24) is 10.2 Å². The number of halogens is 1. The van der Waals surface area contributed by atoms with Gasteiger partial charge in [-0.15, -0.1) is 0 Å². The highest BCUT2D eigenvalue weighted by Gasteiger charge is 2.35. The maximum absolute atomic E-state index is 12.2. The lowest BCUT2D eigenvalue weighted by atomic mass is 9.74. The average Bonchev–Trinajstić information content (AvgIpc) is 2.53. The lowest BCUT2D eigenvalue weighted by molar-refractivity contribution is 0.0500. The molecule has 0 aromatic heterocycles. The van der Waals surface area contributed by atoms with Crippen molar-refractivity contribution in [3.05, 3.63) is 34.9 Å². The van der Waals surface area contributed by atoms with Gasteiger partial charge in [-0.05, 0) is 37.5 Å². The number of carbonyl (C=O) groups excluding carboxylic acids is 1. The van der Waals surface area contributed by atoms with Gasteiger partial charge in [0.15, 0.2) is 0 Å². The second-order valence-corrected chi connectivity index (χ2v) is 6.72. The van der Waals surface area contributed by atoms with Gasteiger partial charge in [0, 0.05) is 43.8 Å². The van der Waals surface area contributed by atoms with E-state index < -0.39 is 6.10 Å². The van der Waals surface area contributed by atoms with Gasteiger partial charge in [0.05, 0.1) is 6.10 Å². The molecule has 1 heterocycles.